The zero-order valence-corrected chi connectivity index (χ0v) is 14.2. The Morgan fingerprint density at radius 1 is 1.38 bits per heavy atom. The van der Waals surface area contributed by atoms with Gasteiger partial charge < -0.3 is 9.84 Å². The second-order valence-electron chi connectivity index (χ2n) is 6.44. The van der Waals surface area contributed by atoms with Gasteiger partial charge in [-0.15, -0.1) is 11.3 Å². The van der Waals surface area contributed by atoms with Gasteiger partial charge in [-0.2, -0.15) is 4.98 Å². The van der Waals surface area contributed by atoms with Gasteiger partial charge in [-0.1, -0.05) is 38.9 Å². The Bertz CT molecular complexity index is 528. The van der Waals surface area contributed by atoms with Crippen LogP contribution in [0.2, 0.25) is 0 Å². The molecule has 2 rings (SSSR count). The molecule has 0 aliphatic carbocycles. The number of thiophene rings is 1. The zero-order valence-electron chi connectivity index (χ0n) is 13.3. The summed E-state index contributed by atoms with van der Waals surface area (Å²) in [7, 11) is 0. The number of nitrogens with zero attached hydrogens (tertiary/aromatic N) is 2. The molecule has 0 aromatic carbocycles. The van der Waals surface area contributed by atoms with E-state index in [1.807, 2.05) is 6.07 Å². The van der Waals surface area contributed by atoms with Crippen LogP contribution < -0.4 is 5.32 Å². The Morgan fingerprint density at radius 3 is 2.81 bits per heavy atom. The second kappa shape index (κ2) is 7.18. The first-order valence-electron chi connectivity index (χ1n) is 7.56. The molecule has 1 atom stereocenters. The molecule has 0 spiro atoms. The maximum Gasteiger partial charge on any atom is 0.228 e. The minimum Gasteiger partial charge on any atom is -0.339 e. The fourth-order valence-corrected chi connectivity index (χ4v) is 2.89. The molecule has 1 unspecified atom stereocenters. The van der Waals surface area contributed by atoms with Gasteiger partial charge in [0.2, 0.25) is 5.89 Å². The van der Waals surface area contributed by atoms with E-state index < -0.39 is 0 Å². The molecule has 0 bridgehead atoms. The third kappa shape index (κ3) is 4.93. The first-order chi connectivity index (χ1) is 9.99. The van der Waals surface area contributed by atoms with Crippen LogP contribution >= 0.6 is 11.3 Å². The van der Waals surface area contributed by atoms with Crippen LogP contribution in [0.1, 0.15) is 50.7 Å². The van der Waals surface area contributed by atoms with Crippen molar-refractivity contribution in [3.05, 3.63) is 34.1 Å². The Morgan fingerprint density at radius 2 is 2.19 bits per heavy atom. The van der Waals surface area contributed by atoms with E-state index >= 15 is 0 Å². The minimum atomic E-state index is 0.164. The Balaban J connectivity index is 1.99. The van der Waals surface area contributed by atoms with Gasteiger partial charge in [0, 0.05) is 23.8 Å². The Hall–Kier alpha value is -1.20. The highest BCUT2D eigenvalue weighted by Gasteiger charge is 2.26. The number of hydrogen-bond donors (Lipinski definition) is 1. The monoisotopic (exact) mass is 307 g/mol. The van der Waals surface area contributed by atoms with Crippen LogP contribution in [0.4, 0.5) is 0 Å². The van der Waals surface area contributed by atoms with Crippen LogP contribution in [0, 0.1) is 5.41 Å². The summed E-state index contributed by atoms with van der Waals surface area (Å²) in [6.45, 7) is 9.91. The molecule has 2 aromatic heterocycles. The number of aromatic nitrogens is 2. The van der Waals surface area contributed by atoms with E-state index in [1.165, 1.54) is 4.88 Å². The van der Waals surface area contributed by atoms with Gasteiger partial charge in [0.25, 0.3) is 0 Å². The Labute approximate surface area is 131 Å². The lowest BCUT2D eigenvalue weighted by molar-refractivity contribution is 0.244. The second-order valence-corrected chi connectivity index (χ2v) is 7.47. The van der Waals surface area contributed by atoms with Crippen molar-refractivity contribution in [2.75, 3.05) is 6.54 Å². The van der Waals surface area contributed by atoms with Gasteiger partial charge >= 0.3 is 0 Å². The number of rotatable bonds is 7. The summed E-state index contributed by atoms with van der Waals surface area (Å²) in [5.74, 6) is 1.50. The van der Waals surface area contributed by atoms with Crippen molar-refractivity contribution in [2.45, 2.75) is 53.0 Å². The predicted octanol–water partition coefficient (Wildman–Crippen LogP) is 3.68. The summed E-state index contributed by atoms with van der Waals surface area (Å²) in [6, 6.07) is 4.49. The molecule has 2 heterocycles. The summed E-state index contributed by atoms with van der Waals surface area (Å²) in [5, 5.41) is 9.76. The standard InChI is InChI=1S/C16H25N3OS/c1-5-8-17-13(16(2,3)4)11-15-18-14(19-20-15)10-12-7-6-9-21-12/h6-7,9,13,17H,5,8,10-11H2,1-4H3. The van der Waals surface area contributed by atoms with E-state index in [4.69, 9.17) is 4.52 Å². The molecule has 0 aliphatic heterocycles. The van der Waals surface area contributed by atoms with Crippen LogP contribution in [0.15, 0.2) is 22.0 Å². The molecule has 2 aromatic rings. The van der Waals surface area contributed by atoms with Gasteiger partial charge in [-0.25, -0.2) is 0 Å². The van der Waals surface area contributed by atoms with Crippen molar-refractivity contribution in [2.24, 2.45) is 5.41 Å². The maximum absolute atomic E-state index is 5.42. The molecule has 0 aliphatic rings. The summed E-state index contributed by atoms with van der Waals surface area (Å²) < 4.78 is 5.42. The Kier molecular flexibility index (Phi) is 5.53. The fourth-order valence-electron chi connectivity index (χ4n) is 2.19. The smallest absolute Gasteiger partial charge is 0.228 e. The van der Waals surface area contributed by atoms with Crippen molar-refractivity contribution in [1.82, 2.24) is 15.5 Å². The van der Waals surface area contributed by atoms with E-state index in [-0.39, 0.29) is 5.41 Å². The summed E-state index contributed by atoms with van der Waals surface area (Å²) >= 11 is 1.72. The van der Waals surface area contributed by atoms with E-state index in [0.717, 1.165) is 37.5 Å². The van der Waals surface area contributed by atoms with Crippen molar-refractivity contribution in [3.63, 3.8) is 0 Å². The number of hydrogen-bond acceptors (Lipinski definition) is 5. The van der Waals surface area contributed by atoms with E-state index in [0.29, 0.717) is 6.04 Å². The van der Waals surface area contributed by atoms with Crippen LogP contribution in [-0.2, 0) is 12.8 Å². The van der Waals surface area contributed by atoms with Crippen molar-refractivity contribution in [1.29, 1.82) is 0 Å². The van der Waals surface area contributed by atoms with Gasteiger partial charge in [-0.05, 0) is 29.8 Å². The van der Waals surface area contributed by atoms with E-state index in [1.54, 1.807) is 11.3 Å². The summed E-state index contributed by atoms with van der Waals surface area (Å²) in [4.78, 5) is 5.80. The molecule has 0 saturated heterocycles. The highest BCUT2D eigenvalue weighted by Crippen LogP contribution is 2.22. The quantitative estimate of drug-likeness (QED) is 0.848. The topological polar surface area (TPSA) is 51.0 Å². The third-order valence-corrected chi connectivity index (χ3v) is 4.36. The molecule has 0 saturated carbocycles. The van der Waals surface area contributed by atoms with Crippen LogP contribution in [0.25, 0.3) is 0 Å². The zero-order chi connectivity index (χ0) is 15.3. The van der Waals surface area contributed by atoms with Crippen LogP contribution in [0.5, 0.6) is 0 Å². The number of nitrogens with one attached hydrogen (secondary N) is 1. The molecule has 0 fully saturated rings. The average molecular weight is 307 g/mol. The molecule has 1 N–H and O–H groups in total. The van der Waals surface area contributed by atoms with Crippen LogP contribution in [0.3, 0.4) is 0 Å². The molecule has 4 nitrogen and oxygen atoms in total. The van der Waals surface area contributed by atoms with Crippen molar-refractivity contribution >= 4 is 11.3 Å². The minimum absolute atomic E-state index is 0.164. The predicted molar refractivity (Wildman–Crippen MR) is 86.7 cm³/mol. The maximum atomic E-state index is 5.42. The van der Waals surface area contributed by atoms with Gasteiger partial charge in [0.15, 0.2) is 5.82 Å². The SMILES string of the molecule is CCCNC(Cc1nc(Cc2cccs2)no1)C(C)(C)C. The van der Waals surface area contributed by atoms with Gasteiger partial charge in [0.1, 0.15) is 0 Å². The lowest BCUT2D eigenvalue weighted by Gasteiger charge is -2.30. The average Bonchev–Trinajstić information content (AvgIpc) is 3.05. The molecule has 0 amide bonds. The first-order valence-corrected chi connectivity index (χ1v) is 8.44. The molecule has 116 valence electrons. The fraction of sp³-hybridized carbons (Fsp3) is 0.625. The first kappa shape index (κ1) is 16.2. The van der Waals surface area contributed by atoms with Crippen molar-refractivity contribution < 1.29 is 4.52 Å². The highest BCUT2D eigenvalue weighted by atomic mass is 32.1. The lowest BCUT2D eigenvalue weighted by Crippen LogP contribution is -2.42. The lowest BCUT2D eigenvalue weighted by atomic mass is 9.84. The summed E-state index contributed by atoms with van der Waals surface area (Å²) in [6.07, 6.45) is 2.66. The highest BCUT2D eigenvalue weighted by molar-refractivity contribution is 7.09. The molecule has 0 radical (unpaired) electrons. The molecule has 5 heteroatoms. The van der Waals surface area contributed by atoms with E-state index in [9.17, 15) is 0 Å². The van der Waals surface area contributed by atoms with Gasteiger partial charge in [0.05, 0.1) is 0 Å². The van der Waals surface area contributed by atoms with Crippen molar-refractivity contribution in [3.8, 4) is 0 Å². The van der Waals surface area contributed by atoms with Gasteiger partial charge in [-0.3, -0.25) is 0 Å². The third-order valence-electron chi connectivity index (χ3n) is 3.49. The molecular weight excluding hydrogens is 282 g/mol. The van der Waals surface area contributed by atoms with E-state index in [2.05, 4.69) is 54.6 Å². The normalized spacial score (nSPS) is 13.5. The van der Waals surface area contributed by atoms with Crippen LogP contribution in [-0.4, -0.2) is 22.7 Å². The molecule has 21 heavy (non-hydrogen) atoms. The summed E-state index contributed by atoms with van der Waals surface area (Å²) in [5.41, 5.74) is 0.164. The largest absolute Gasteiger partial charge is 0.339 e. The molecular formula is C16H25N3OS.